The summed E-state index contributed by atoms with van der Waals surface area (Å²) in [5.74, 6) is 1.20. The molecule has 1 aromatic carbocycles. The Morgan fingerprint density at radius 1 is 1.33 bits per heavy atom. The second kappa shape index (κ2) is 5.82. The van der Waals surface area contributed by atoms with E-state index < -0.39 is 0 Å². The van der Waals surface area contributed by atoms with Crippen molar-refractivity contribution >= 4 is 16.8 Å². The lowest BCUT2D eigenvalue weighted by atomic mass is 10.1. The van der Waals surface area contributed by atoms with E-state index in [1.807, 2.05) is 19.1 Å². The zero-order chi connectivity index (χ0) is 16.7. The van der Waals surface area contributed by atoms with E-state index in [2.05, 4.69) is 50.8 Å². The molecule has 1 atom stereocenters. The molecule has 0 aliphatic carbocycles. The molecule has 0 saturated heterocycles. The van der Waals surface area contributed by atoms with Gasteiger partial charge < -0.3 is 14.5 Å². The van der Waals surface area contributed by atoms with Crippen LogP contribution in [0.15, 0.2) is 36.5 Å². The number of hydrogen-bond acceptors (Lipinski definition) is 2. The van der Waals surface area contributed by atoms with Crippen LogP contribution in [0.25, 0.3) is 10.9 Å². The summed E-state index contributed by atoms with van der Waals surface area (Å²) in [5, 5.41) is 4.37. The van der Waals surface area contributed by atoms with Gasteiger partial charge in [0.1, 0.15) is 12.4 Å². The summed E-state index contributed by atoms with van der Waals surface area (Å²) >= 11 is 0. The maximum atomic E-state index is 12.5. The minimum Gasteiger partial charge on any atom is -0.350 e. The van der Waals surface area contributed by atoms with Gasteiger partial charge in [0.25, 0.3) is 0 Å². The summed E-state index contributed by atoms with van der Waals surface area (Å²) in [6, 6.07) is 10.5. The minimum atomic E-state index is 0.0738. The molecule has 0 fully saturated rings. The van der Waals surface area contributed by atoms with Crippen LogP contribution >= 0.6 is 0 Å². The van der Waals surface area contributed by atoms with Gasteiger partial charge >= 0.3 is 0 Å². The molecule has 2 aromatic heterocycles. The predicted molar refractivity (Wildman–Crippen MR) is 93.9 cm³/mol. The Morgan fingerprint density at radius 2 is 2.17 bits per heavy atom. The van der Waals surface area contributed by atoms with Crippen LogP contribution in [-0.4, -0.2) is 26.1 Å². The monoisotopic (exact) mass is 322 g/mol. The largest absolute Gasteiger partial charge is 0.350 e. The molecule has 24 heavy (non-hydrogen) atoms. The number of para-hydroxylation sites is 1. The highest BCUT2D eigenvalue weighted by atomic mass is 16.2. The van der Waals surface area contributed by atoms with Crippen molar-refractivity contribution in [1.29, 1.82) is 0 Å². The van der Waals surface area contributed by atoms with Crippen molar-refractivity contribution in [3.63, 3.8) is 0 Å². The average Bonchev–Trinajstić information content (AvgIpc) is 3.06. The van der Waals surface area contributed by atoms with E-state index in [9.17, 15) is 4.79 Å². The lowest BCUT2D eigenvalue weighted by Gasteiger charge is -2.25. The number of nitrogens with zero attached hydrogens (tertiary/aromatic N) is 3. The lowest BCUT2D eigenvalue weighted by molar-refractivity contribution is -0.122. The van der Waals surface area contributed by atoms with Crippen LogP contribution in [0.2, 0.25) is 0 Å². The summed E-state index contributed by atoms with van der Waals surface area (Å²) in [7, 11) is 0. The highest BCUT2D eigenvalue weighted by Crippen LogP contribution is 2.19. The minimum absolute atomic E-state index is 0.0738. The van der Waals surface area contributed by atoms with Gasteiger partial charge in [-0.2, -0.15) is 0 Å². The Kier molecular flexibility index (Phi) is 3.63. The molecule has 0 bridgehead atoms. The first-order valence-electron chi connectivity index (χ1n) is 8.47. The molecule has 0 spiro atoms. The van der Waals surface area contributed by atoms with E-state index in [0.29, 0.717) is 6.54 Å². The van der Waals surface area contributed by atoms with E-state index in [4.69, 9.17) is 0 Å². The molecule has 1 amide bonds. The molecule has 124 valence electrons. The molecule has 1 N–H and O–H groups in total. The van der Waals surface area contributed by atoms with Crippen LogP contribution in [0.3, 0.4) is 0 Å². The number of hydrogen-bond donors (Lipinski definition) is 1. The van der Waals surface area contributed by atoms with Gasteiger partial charge in [-0.05, 0) is 37.8 Å². The molecule has 1 aliphatic heterocycles. The number of fused-ring (bicyclic) bond motifs is 2. The fourth-order valence-corrected chi connectivity index (χ4v) is 3.68. The summed E-state index contributed by atoms with van der Waals surface area (Å²) in [6.45, 7) is 5.24. The number of carbonyl (C=O) groups is 1. The average molecular weight is 322 g/mol. The molecule has 3 aromatic rings. The standard InChI is InChI=1S/C19H22N4O/c1-13-10-22-11-16(7-8-18(22)20-13)21-19(24)12-23-14(2)9-15-5-3-4-6-17(15)23/h3-6,9-10,16H,7-8,11-12H2,1-2H3,(H,21,24). The zero-order valence-electron chi connectivity index (χ0n) is 14.1. The molecule has 0 saturated carbocycles. The molecule has 1 unspecified atom stereocenters. The number of nitrogens with one attached hydrogen (secondary N) is 1. The number of aromatic nitrogens is 3. The van der Waals surface area contributed by atoms with Crippen molar-refractivity contribution in [2.24, 2.45) is 0 Å². The van der Waals surface area contributed by atoms with E-state index >= 15 is 0 Å². The van der Waals surface area contributed by atoms with Crippen molar-refractivity contribution in [3.05, 3.63) is 53.7 Å². The smallest absolute Gasteiger partial charge is 0.240 e. The van der Waals surface area contributed by atoms with Crippen molar-refractivity contribution in [2.45, 2.75) is 45.8 Å². The number of carbonyl (C=O) groups excluding carboxylic acids is 1. The van der Waals surface area contributed by atoms with Gasteiger partial charge in [-0.3, -0.25) is 4.79 Å². The van der Waals surface area contributed by atoms with Gasteiger partial charge in [-0.15, -0.1) is 0 Å². The first-order chi connectivity index (χ1) is 11.6. The number of aryl methyl sites for hydroxylation is 3. The maximum absolute atomic E-state index is 12.5. The highest BCUT2D eigenvalue weighted by Gasteiger charge is 2.21. The van der Waals surface area contributed by atoms with Crippen LogP contribution in [0.5, 0.6) is 0 Å². The van der Waals surface area contributed by atoms with Gasteiger partial charge in [-0.25, -0.2) is 4.98 Å². The van der Waals surface area contributed by atoms with Crippen molar-refractivity contribution in [2.75, 3.05) is 0 Å². The Morgan fingerprint density at radius 3 is 3.04 bits per heavy atom. The van der Waals surface area contributed by atoms with E-state index in [-0.39, 0.29) is 11.9 Å². The van der Waals surface area contributed by atoms with E-state index in [1.54, 1.807) is 0 Å². The Hall–Kier alpha value is -2.56. The third-order valence-corrected chi connectivity index (χ3v) is 4.80. The molecular formula is C19H22N4O. The molecule has 5 nitrogen and oxygen atoms in total. The first-order valence-corrected chi connectivity index (χ1v) is 8.47. The van der Waals surface area contributed by atoms with Crippen LogP contribution < -0.4 is 5.32 Å². The van der Waals surface area contributed by atoms with E-state index in [1.165, 1.54) is 5.39 Å². The normalized spacial score (nSPS) is 17.0. The van der Waals surface area contributed by atoms with Gasteiger partial charge in [0, 0.05) is 36.4 Å². The quantitative estimate of drug-likeness (QED) is 0.806. The topological polar surface area (TPSA) is 51.9 Å². The van der Waals surface area contributed by atoms with Crippen LogP contribution in [-0.2, 0) is 24.3 Å². The number of benzene rings is 1. The third-order valence-electron chi connectivity index (χ3n) is 4.80. The molecular weight excluding hydrogens is 300 g/mol. The number of amides is 1. The summed E-state index contributed by atoms with van der Waals surface area (Å²) in [5.41, 5.74) is 3.27. The molecule has 5 heteroatoms. The van der Waals surface area contributed by atoms with Gasteiger partial charge in [-0.1, -0.05) is 18.2 Å². The highest BCUT2D eigenvalue weighted by molar-refractivity contribution is 5.84. The van der Waals surface area contributed by atoms with Crippen LogP contribution in [0.1, 0.15) is 23.6 Å². The fourth-order valence-electron chi connectivity index (χ4n) is 3.68. The Labute approximate surface area is 141 Å². The molecule has 4 rings (SSSR count). The van der Waals surface area contributed by atoms with Crippen molar-refractivity contribution in [3.8, 4) is 0 Å². The van der Waals surface area contributed by atoms with Gasteiger partial charge in [0.15, 0.2) is 0 Å². The molecule has 1 aliphatic rings. The molecule has 3 heterocycles. The number of imidazole rings is 1. The summed E-state index contributed by atoms with van der Waals surface area (Å²) in [6.07, 6.45) is 3.94. The maximum Gasteiger partial charge on any atom is 0.240 e. The van der Waals surface area contributed by atoms with Gasteiger partial charge in [0.2, 0.25) is 5.91 Å². The second-order valence-corrected chi connectivity index (χ2v) is 6.68. The third kappa shape index (κ3) is 2.70. The summed E-state index contributed by atoms with van der Waals surface area (Å²) in [4.78, 5) is 17.1. The Balaban J connectivity index is 1.46. The van der Waals surface area contributed by atoms with Gasteiger partial charge in [0.05, 0.1) is 5.69 Å². The number of rotatable bonds is 3. The Bertz CT molecular complexity index is 905. The SMILES string of the molecule is Cc1cn2c(n1)CCC(NC(=O)Cn1c(C)cc3ccccc31)C2. The summed E-state index contributed by atoms with van der Waals surface area (Å²) < 4.78 is 4.25. The first kappa shape index (κ1) is 15.0. The second-order valence-electron chi connectivity index (χ2n) is 6.68. The lowest BCUT2D eigenvalue weighted by Crippen LogP contribution is -2.42. The zero-order valence-corrected chi connectivity index (χ0v) is 14.1. The predicted octanol–water partition coefficient (Wildman–Crippen LogP) is 2.59. The van der Waals surface area contributed by atoms with Crippen molar-refractivity contribution < 1.29 is 4.79 Å². The van der Waals surface area contributed by atoms with Crippen molar-refractivity contribution in [1.82, 2.24) is 19.4 Å². The van der Waals surface area contributed by atoms with E-state index in [0.717, 1.165) is 42.1 Å². The van der Waals surface area contributed by atoms with Crippen LogP contribution in [0, 0.1) is 13.8 Å². The molecule has 0 radical (unpaired) electrons. The van der Waals surface area contributed by atoms with Crippen LogP contribution in [0.4, 0.5) is 0 Å². The fraction of sp³-hybridized carbons (Fsp3) is 0.368.